The van der Waals surface area contributed by atoms with Crippen LogP contribution in [0.1, 0.15) is 31.9 Å². The highest BCUT2D eigenvalue weighted by Gasteiger charge is 2.17. The Morgan fingerprint density at radius 3 is 2.43 bits per heavy atom. The fourth-order valence-corrected chi connectivity index (χ4v) is 3.95. The van der Waals surface area contributed by atoms with Gasteiger partial charge in [-0.05, 0) is 44.0 Å². The standard InChI is InChI=1S/C16H21N3O2S2/c1-9(2)22-16-19-18-15(23-16)17-14(20)12(5)21-13-7-10(3)6-11(4)8-13/h6-9,12H,1-5H3,(H,17,18,20)/t12-/m0/s1. The van der Waals surface area contributed by atoms with E-state index in [4.69, 9.17) is 4.74 Å². The molecule has 7 heteroatoms. The number of nitrogens with zero attached hydrogens (tertiary/aromatic N) is 2. The van der Waals surface area contributed by atoms with Crippen molar-refractivity contribution in [1.29, 1.82) is 0 Å². The molecule has 0 bridgehead atoms. The smallest absolute Gasteiger partial charge is 0.266 e. The van der Waals surface area contributed by atoms with Crippen molar-refractivity contribution in [2.75, 3.05) is 5.32 Å². The zero-order valence-corrected chi connectivity index (χ0v) is 15.5. The SMILES string of the molecule is Cc1cc(C)cc(O[C@@H](C)C(=O)Nc2nnc(SC(C)C)s2)c1. The van der Waals surface area contributed by atoms with Gasteiger partial charge in [-0.3, -0.25) is 10.1 Å². The molecule has 1 aromatic carbocycles. The molecule has 1 aromatic heterocycles. The van der Waals surface area contributed by atoms with Crippen LogP contribution in [-0.4, -0.2) is 27.5 Å². The van der Waals surface area contributed by atoms with Crippen LogP contribution in [0.2, 0.25) is 0 Å². The summed E-state index contributed by atoms with van der Waals surface area (Å²) < 4.78 is 6.57. The second-order valence-corrected chi connectivity index (χ2v) is 8.41. The van der Waals surface area contributed by atoms with Gasteiger partial charge in [-0.15, -0.1) is 10.2 Å². The number of hydrogen-bond donors (Lipinski definition) is 1. The van der Waals surface area contributed by atoms with Crippen molar-refractivity contribution >= 4 is 34.1 Å². The molecule has 0 radical (unpaired) electrons. The number of anilines is 1. The number of benzene rings is 1. The number of amides is 1. The van der Waals surface area contributed by atoms with E-state index >= 15 is 0 Å². The van der Waals surface area contributed by atoms with Crippen molar-refractivity contribution in [3.63, 3.8) is 0 Å². The van der Waals surface area contributed by atoms with Crippen LogP contribution < -0.4 is 10.1 Å². The topological polar surface area (TPSA) is 64.1 Å². The minimum absolute atomic E-state index is 0.235. The minimum Gasteiger partial charge on any atom is -0.481 e. The van der Waals surface area contributed by atoms with Crippen molar-refractivity contribution < 1.29 is 9.53 Å². The van der Waals surface area contributed by atoms with E-state index in [1.807, 2.05) is 26.0 Å². The van der Waals surface area contributed by atoms with E-state index in [0.29, 0.717) is 16.1 Å². The fourth-order valence-electron chi connectivity index (χ4n) is 1.98. The van der Waals surface area contributed by atoms with Crippen LogP contribution in [-0.2, 0) is 4.79 Å². The van der Waals surface area contributed by atoms with Gasteiger partial charge in [0.2, 0.25) is 5.13 Å². The maximum atomic E-state index is 12.2. The molecule has 0 aliphatic carbocycles. The average molecular weight is 351 g/mol. The summed E-state index contributed by atoms with van der Waals surface area (Å²) in [5.74, 6) is 0.458. The lowest BCUT2D eigenvalue weighted by atomic mass is 10.1. The van der Waals surface area contributed by atoms with Crippen LogP contribution >= 0.6 is 23.1 Å². The Kier molecular flexibility index (Phi) is 6.01. The largest absolute Gasteiger partial charge is 0.481 e. The van der Waals surface area contributed by atoms with Crippen molar-refractivity contribution in [1.82, 2.24) is 10.2 Å². The quantitative estimate of drug-likeness (QED) is 0.628. The van der Waals surface area contributed by atoms with E-state index in [1.165, 1.54) is 11.3 Å². The van der Waals surface area contributed by atoms with Gasteiger partial charge in [-0.1, -0.05) is 43.0 Å². The lowest BCUT2D eigenvalue weighted by Crippen LogP contribution is -2.30. The van der Waals surface area contributed by atoms with Gasteiger partial charge in [0, 0.05) is 5.25 Å². The third-order valence-corrected chi connectivity index (χ3v) is 4.78. The van der Waals surface area contributed by atoms with Crippen LogP contribution in [0.4, 0.5) is 5.13 Å². The summed E-state index contributed by atoms with van der Waals surface area (Å²) in [5, 5.41) is 11.7. The lowest BCUT2D eigenvalue weighted by molar-refractivity contribution is -0.122. The first-order chi connectivity index (χ1) is 10.8. The number of carbonyl (C=O) groups is 1. The van der Waals surface area contributed by atoms with Gasteiger partial charge in [-0.25, -0.2) is 0 Å². The van der Waals surface area contributed by atoms with E-state index < -0.39 is 6.10 Å². The highest BCUT2D eigenvalue weighted by molar-refractivity contribution is 8.01. The molecule has 1 amide bonds. The van der Waals surface area contributed by atoms with Gasteiger partial charge in [-0.2, -0.15) is 0 Å². The number of ether oxygens (including phenoxy) is 1. The molecule has 0 saturated heterocycles. The number of carbonyl (C=O) groups excluding carboxylic acids is 1. The van der Waals surface area contributed by atoms with E-state index in [0.717, 1.165) is 15.5 Å². The number of rotatable bonds is 6. The molecule has 1 atom stereocenters. The maximum Gasteiger partial charge on any atom is 0.266 e. The third-order valence-electron chi connectivity index (χ3n) is 2.85. The zero-order valence-electron chi connectivity index (χ0n) is 13.9. The van der Waals surface area contributed by atoms with Gasteiger partial charge >= 0.3 is 0 Å². The fraction of sp³-hybridized carbons (Fsp3) is 0.438. The van der Waals surface area contributed by atoms with Gasteiger partial charge in [0.05, 0.1) is 0 Å². The van der Waals surface area contributed by atoms with Crippen LogP contribution in [0.25, 0.3) is 0 Å². The Balaban J connectivity index is 1.95. The predicted octanol–water partition coefficient (Wildman–Crippen LogP) is 4.06. The number of nitrogens with one attached hydrogen (secondary N) is 1. The summed E-state index contributed by atoms with van der Waals surface area (Å²) in [7, 11) is 0. The van der Waals surface area contributed by atoms with Gasteiger partial charge in [0.1, 0.15) is 5.75 Å². The molecular weight excluding hydrogens is 330 g/mol. The number of aryl methyl sites for hydroxylation is 2. The molecule has 2 rings (SSSR count). The number of thioether (sulfide) groups is 1. The van der Waals surface area contributed by atoms with Crippen molar-refractivity contribution in [2.45, 2.75) is 50.3 Å². The van der Waals surface area contributed by atoms with Gasteiger partial charge < -0.3 is 4.74 Å². The molecule has 0 spiro atoms. The molecule has 0 fully saturated rings. The highest BCUT2D eigenvalue weighted by atomic mass is 32.2. The Morgan fingerprint density at radius 1 is 1.17 bits per heavy atom. The molecule has 0 aliphatic heterocycles. The van der Waals surface area contributed by atoms with Crippen molar-refractivity contribution in [3.8, 4) is 5.75 Å². The average Bonchev–Trinajstić information content (AvgIpc) is 2.83. The normalized spacial score (nSPS) is 12.3. The molecule has 1 N–H and O–H groups in total. The molecule has 23 heavy (non-hydrogen) atoms. The first-order valence-electron chi connectivity index (χ1n) is 7.39. The van der Waals surface area contributed by atoms with Gasteiger partial charge in [0.15, 0.2) is 10.4 Å². The summed E-state index contributed by atoms with van der Waals surface area (Å²) in [4.78, 5) is 12.2. The molecule has 1 heterocycles. The van der Waals surface area contributed by atoms with Crippen molar-refractivity contribution in [3.05, 3.63) is 29.3 Å². The van der Waals surface area contributed by atoms with Gasteiger partial charge in [0.25, 0.3) is 5.91 Å². The first-order valence-corrected chi connectivity index (χ1v) is 9.09. The summed E-state index contributed by atoms with van der Waals surface area (Å²) in [6, 6.07) is 5.89. The number of aromatic nitrogens is 2. The summed E-state index contributed by atoms with van der Waals surface area (Å²) in [5.41, 5.74) is 2.21. The molecule has 5 nitrogen and oxygen atoms in total. The third kappa shape index (κ3) is 5.51. The Morgan fingerprint density at radius 2 is 1.83 bits per heavy atom. The Bertz CT molecular complexity index is 665. The molecular formula is C16H21N3O2S2. The second-order valence-electron chi connectivity index (χ2n) is 5.61. The van der Waals surface area contributed by atoms with Crippen LogP contribution in [0.3, 0.4) is 0 Å². The molecule has 0 aliphatic rings. The van der Waals surface area contributed by atoms with Crippen LogP contribution in [0, 0.1) is 13.8 Å². The summed E-state index contributed by atoms with van der Waals surface area (Å²) in [6.45, 7) is 9.89. The molecule has 2 aromatic rings. The summed E-state index contributed by atoms with van der Waals surface area (Å²) >= 11 is 2.99. The van der Waals surface area contributed by atoms with E-state index in [9.17, 15) is 4.79 Å². The van der Waals surface area contributed by atoms with Crippen molar-refractivity contribution in [2.24, 2.45) is 0 Å². The second kappa shape index (κ2) is 7.79. The minimum atomic E-state index is -0.610. The van der Waals surface area contributed by atoms with Crippen LogP contribution in [0.5, 0.6) is 5.75 Å². The Hall–Kier alpha value is -1.60. The van der Waals surface area contributed by atoms with E-state index in [-0.39, 0.29) is 5.91 Å². The zero-order chi connectivity index (χ0) is 17.0. The summed E-state index contributed by atoms with van der Waals surface area (Å²) in [6.07, 6.45) is -0.610. The van der Waals surface area contributed by atoms with Crippen LogP contribution in [0.15, 0.2) is 22.5 Å². The predicted molar refractivity (Wildman–Crippen MR) is 95.5 cm³/mol. The molecule has 0 unspecified atom stereocenters. The maximum absolute atomic E-state index is 12.2. The molecule has 0 saturated carbocycles. The van der Waals surface area contributed by atoms with E-state index in [1.54, 1.807) is 18.7 Å². The highest BCUT2D eigenvalue weighted by Crippen LogP contribution is 2.28. The van der Waals surface area contributed by atoms with E-state index in [2.05, 4.69) is 35.4 Å². The lowest BCUT2D eigenvalue weighted by Gasteiger charge is -2.14. The number of hydrogen-bond acceptors (Lipinski definition) is 6. The molecule has 124 valence electrons. The monoisotopic (exact) mass is 351 g/mol. The Labute approximate surface area is 144 Å². The first kappa shape index (κ1) is 17.7.